The third-order valence-electron chi connectivity index (χ3n) is 1.45. The summed E-state index contributed by atoms with van der Waals surface area (Å²) >= 11 is 0. The van der Waals surface area contributed by atoms with E-state index in [4.69, 9.17) is 0 Å². The van der Waals surface area contributed by atoms with E-state index in [0.717, 1.165) is 6.54 Å². The van der Waals surface area contributed by atoms with E-state index in [2.05, 4.69) is 38.2 Å². The number of hydrogen-bond donors (Lipinski definition) is 1. The van der Waals surface area contributed by atoms with Crippen LogP contribution in [-0.2, 0) is 0 Å². The number of nitrogens with one attached hydrogen (secondary N) is 1. The van der Waals surface area contributed by atoms with E-state index in [0.29, 0.717) is 0 Å². The van der Waals surface area contributed by atoms with E-state index >= 15 is 0 Å². The van der Waals surface area contributed by atoms with Crippen molar-refractivity contribution in [3.05, 3.63) is 0 Å². The highest BCUT2D eigenvalue weighted by molar-refractivity contribution is 4.35. The van der Waals surface area contributed by atoms with Crippen molar-refractivity contribution < 1.29 is 0 Å². The maximum atomic E-state index is 3.07. The molecule has 0 aliphatic heterocycles. The zero-order chi connectivity index (χ0) is 11.8. The van der Waals surface area contributed by atoms with E-state index in [1.54, 1.807) is 0 Å². The van der Waals surface area contributed by atoms with Crippen LogP contribution < -0.4 is 5.32 Å². The molecule has 0 saturated carbocycles. The van der Waals surface area contributed by atoms with Crippen LogP contribution >= 0.6 is 0 Å². The van der Waals surface area contributed by atoms with Crippen molar-refractivity contribution >= 4 is 0 Å². The second-order valence-electron chi connectivity index (χ2n) is 3.26. The summed E-state index contributed by atoms with van der Waals surface area (Å²) in [5.41, 5.74) is 0. The molecule has 0 amide bonds. The maximum Gasteiger partial charge on any atom is -0.00275 e. The highest BCUT2D eigenvalue weighted by atomic mass is 15.0. The van der Waals surface area contributed by atoms with Gasteiger partial charge in [-0.3, -0.25) is 0 Å². The smallest absolute Gasteiger partial charge is 0.00275 e. The van der Waals surface area contributed by atoms with Gasteiger partial charge < -0.3 is 10.2 Å². The Balaban J connectivity index is -0.000000147. The molecular weight excluding hydrogens is 172 g/mol. The minimum absolute atomic E-state index is 1.16. The van der Waals surface area contributed by atoms with E-state index in [1.165, 1.54) is 25.8 Å². The average molecular weight is 204 g/mol. The third-order valence-corrected chi connectivity index (χ3v) is 1.45. The highest BCUT2D eigenvalue weighted by Gasteiger charge is 1.79. The molecule has 0 heterocycles. The molecule has 0 saturated heterocycles. The largest absolute Gasteiger partial charge is 0.320 e. The molecule has 0 aliphatic rings. The van der Waals surface area contributed by atoms with E-state index in [9.17, 15) is 0 Å². The van der Waals surface area contributed by atoms with Crippen molar-refractivity contribution in [1.29, 1.82) is 0 Å². The molecule has 0 unspecified atom stereocenters. The molecule has 0 radical (unpaired) electrons. The van der Waals surface area contributed by atoms with Gasteiger partial charge in [0.15, 0.2) is 0 Å². The van der Waals surface area contributed by atoms with Crippen molar-refractivity contribution in [3.8, 4) is 0 Å². The zero-order valence-electron chi connectivity index (χ0n) is 11.5. The second-order valence-corrected chi connectivity index (χ2v) is 3.26. The van der Waals surface area contributed by atoms with Gasteiger partial charge in [-0.25, -0.2) is 0 Å². The molecule has 90 valence electrons. The minimum Gasteiger partial charge on any atom is -0.320 e. The van der Waals surface area contributed by atoms with Crippen molar-refractivity contribution in [2.45, 2.75) is 47.0 Å². The van der Waals surface area contributed by atoms with Crippen molar-refractivity contribution in [3.63, 3.8) is 0 Å². The maximum absolute atomic E-state index is 3.07. The van der Waals surface area contributed by atoms with Crippen LogP contribution in [0, 0.1) is 0 Å². The minimum atomic E-state index is 1.16. The van der Waals surface area contributed by atoms with Crippen molar-refractivity contribution in [2.75, 3.05) is 34.2 Å². The predicted molar refractivity (Wildman–Crippen MR) is 69.0 cm³/mol. The standard InChI is InChI=1S/2C5H13N.C2H6/c1-4-5-6(2)3;1-3-4-5-6-2;1-2/h4-5H2,1-3H3;6H,3-5H2,1-2H3;1-2H3. The van der Waals surface area contributed by atoms with Crippen LogP contribution in [0.25, 0.3) is 0 Å². The lowest BCUT2D eigenvalue weighted by Gasteiger charge is -2.03. The predicted octanol–water partition coefficient (Wildman–Crippen LogP) is 2.99. The Morgan fingerprint density at radius 1 is 1.00 bits per heavy atom. The van der Waals surface area contributed by atoms with Gasteiger partial charge in [-0.15, -0.1) is 0 Å². The van der Waals surface area contributed by atoms with Gasteiger partial charge in [-0.1, -0.05) is 34.1 Å². The molecule has 0 bridgehead atoms. The molecule has 0 aliphatic carbocycles. The summed E-state index contributed by atoms with van der Waals surface area (Å²) in [5.74, 6) is 0. The van der Waals surface area contributed by atoms with Gasteiger partial charge >= 0.3 is 0 Å². The lowest BCUT2D eigenvalue weighted by atomic mass is 10.3. The van der Waals surface area contributed by atoms with Gasteiger partial charge in [0.25, 0.3) is 0 Å². The number of nitrogens with zero attached hydrogens (tertiary/aromatic N) is 1. The summed E-state index contributed by atoms with van der Waals surface area (Å²) in [4.78, 5) is 2.18. The molecule has 2 heteroatoms. The van der Waals surface area contributed by atoms with Gasteiger partial charge in [-0.2, -0.15) is 0 Å². The normalized spacial score (nSPS) is 8.57. The van der Waals surface area contributed by atoms with Gasteiger partial charge in [0.1, 0.15) is 0 Å². The molecular formula is C12H32N2. The van der Waals surface area contributed by atoms with Crippen LogP contribution in [0.2, 0.25) is 0 Å². The molecule has 0 atom stereocenters. The Morgan fingerprint density at radius 2 is 1.50 bits per heavy atom. The summed E-state index contributed by atoms with van der Waals surface area (Å²) in [6, 6.07) is 0. The quantitative estimate of drug-likeness (QED) is 0.693. The Labute approximate surface area is 92.1 Å². The average Bonchev–Trinajstić information content (AvgIpc) is 2.18. The van der Waals surface area contributed by atoms with Gasteiger partial charge in [0, 0.05) is 0 Å². The fourth-order valence-electron chi connectivity index (χ4n) is 0.801. The lowest BCUT2D eigenvalue weighted by molar-refractivity contribution is 0.408. The molecule has 0 aromatic rings. The molecule has 2 nitrogen and oxygen atoms in total. The Morgan fingerprint density at radius 3 is 1.57 bits per heavy atom. The molecule has 0 spiro atoms. The first-order valence-corrected chi connectivity index (χ1v) is 5.98. The molecule has 0 fully saturated rings. The van der Waals surface area contributed by atoms with E-state index in [-0.39, 0.29) is 0 Å². The Bertz CT molecular complexity index is 59.3. The van der Waals surface area contributed by atoms with Crippen LogP contribution in [0.15, 0.2) is 0 Å². The van der Waals surface area contributed by atoms with Gasteiger partial charge in [0.2, 0.25) is 0 Å². The van der Waals surface area contributed by atoms with Crippen LogP contribution in [0.3, 0.4) is 0 Å². The summed E-state index contributed by atoms with van der Waals surface area (Å²) < 4.78 is 0. The van der Waals surface area contributed by atoms with Crippen molar-refractivity contribution in [2.24, 2.45) is 0 Å². The Kier molecular flexibility index (Phi) is 32.1. The van der Waals surface area contributed by atoms with Crippen LogP contribution in [-0.4, -0.2) is 39.1 Å². The van der Waals surface area contributed by atoms with Gasteiger partial charge in [-0.05, 0) is 47.1 Å². The fourth-order valence-corrected chi connectivity index (χ4v) is 0.801. The first-order valence-electron chi connectivity index (χ1n) is 5.98. The zero-order valence-corrected chi connectivity index (χ0v) is 11.5. The molecule has 14 heavy (non-hydrogen) atoms. The summed E-state index contributed by atoms with van der Waals surface area (Å²) in [5, 5.41) is 3.07. The first-order chi connectivity index (χ1) is 6.68. The van der Waals surface area contributed by atoms with Crippen LogP contribution in [0.1, 0.15) is 47.0 Å². The summed E-state index contributed by atoms with van der Waals surface area (Å²) in [6.45, 7) is 10.7. The molecule has 0 aromatic carbocycles. The van der Waals surface area contributed by atoms with E-state index < -0.39 is 0 Å². The number of unbranched alkanes of at least 4 members (excludes halogenated alkanes) is 1. The molecule has 0 aromatic heterocycles. The van der Waals surface area contributed by atoms with Crippen molar-refractivity contribution in [1.82, 2.24) is 10.2 Å². The van der Waals surface area contributed by atoms with E-state index in [1.807, 2.05) is 20.9 Å². The SMILES string of the molecule is CC.CCCCNC.CCCN(C)C. The molecule has 0 rings (SSSR count). The highest BCUT2D eigenvalue weighted by Crippen LogP contribution is 1.79. The number of hydrogen-bond acceptors (Lipinski definition) is 2. The topological polar surface area (TPSA) is 15.3 Å². The lowest BCUT2D eigenvalue weighted by Crippen LogP contribution is -2.11. The summed E-state index contributed by atoms with van der Waals surface area (Å²) in [6.07, 6.45) is 3.85. The van der Waals surface area contributed by atoms with Crippen LogP contribution in [0.4, 0.5) is 0 Å². The Hall–Kier alpha value is -0.0800. The first kappa shape index (κ1) is 19.5. The summed E-state index contributed by atoms with van der Waals surface area (Å²) in [7, 11) is 6.16. The third kappa shape index (κ3) is 40.6. The molecule has 1 N–H and O–H groups in total. The van der Waals surface area contributed by atoms with Crippen LogP contribution in [0.5, 0.6) is 0 Å². The second kappa shape index (κ2) is 23.1. The monoisotopic (exact) mass is 204 g/mol. The fraction of sp³-hybridized carbons (Fsp3) is 1.00. The van der Waals surface area contributed by atoms with Gasteiger partial charge in [0.05, 0.1) is 0 Å². The number of rotatable bonds is 5.